The summed E-state index contributed by atoms with van der Waals surface area (Å²) in [5, 5.41) is 10.9. The number of hydrogen-bond acceptors (Lipinski definition) is 4. The van der Waals surface area contributed by atoms with E-state index in [1.165, 1.54) is 6.92 Å². The van der Waals surface area contributed by atoms with Crippen molar-refractivity contribution in [3.8, 4) is 11.8 Å². The molecular formula is C30H30F2O4. The van der Waals surface area contributed by atoms with Gasteiger partial charge in [-0.25, -0.2) is 8.78 Å². The highest BCUT2D eigenvalue weighted by atomic mass is 19.3. The lowest BCUT2D eigenvalue weighted by molar-refractivity contribution is -0.286. The van der Waals surface area contributed by atoms with Crippen LogP contribution in [0.3, 0.4) is 0 Å². The molecule has 1 N–H and O–H groups in total. The molecule has 3 aromatic rings. The first kappa shape index (κ1) is 26.0. The van der Waals surface area contributed by atoms with E-state index in [1.807, 2.05) is 91.0 Å². The molecule has 6 heteroatoms. The molecule has 0 aromatic heterocycles. The zero-order valence-corrected chi connectivity index (χ0v) is 20.1. The Hall–Kier alpha value is -3.08. The Kier molecular flexibility index (Phi) is 8.84. The number of ether oxygens (including phenoxy) is 3. The van der Waals surface area contributed by atoms with Crippen molar-refractivity contribution in [1.82, 2.24) is 0 Å². The van der Waals surface area contributed by atoms with E-state index in [0.717, 1.165) is 16.7 Å². The zero-order valence-electron chi connectivity index (χ0n) is 20.1. The number of hydrogen-bond donors (Lipinski definition) is 1. The van der Waals surface area contributed by atoms with E-state index in [0.29, 0.717) is 0 Å². The van der Waals surface area contributed by atoms with Gasteiger partial charge < -0.3 is 19.3 Å². The fourth-order valence-corrected chi connectivity index (χ4v) is 4.38. The van der Waals surface area contributed by atoms with Crippen molar-refractivity contribution in [2.24, 2.45) is 5.92 Å². The van der Waals surface area contributed by atoms with Crippen molar-refractivity contribution in [1.29, 1.82) is 0 Å². The van der Waals surface area contributed by atoms with Gasteiger partial charge in [0.25, 0.3) is 5.92 Å². The predicted octanol–water partition coefficient (Wildman–Crippen LogP) is 5.39. The number of rotatable bonds is 9. The average Bonchev–Trinajstić information content (AvgIpc) is 2.91. The standard InChI is InChI=1S/C30H30F2O4/c1-2-12-25-26(34-19-22-13-6-3-7-14-22)27(35-20-23-15-8-4-9-16-23)28(29(33)30(25,31)32)36-21-24-17-10-5-11-18-24/h3-11,13-18,25-29,33H,19-21H2,1H3/t25-,26-,27+,28+,29+/m1/s1. The largest absolute Gasteiger partial charge is 0.384 e. The summed E-state index contributed by atoms with van der Waals surface area (Å²) in [6, 6.07) is 27.9. The Balaban J connectivity index is 1.65. The summed E-state index contributed by atoms with van der Waals surface area (Å²) in [4.78, 5) is 0. The van der Waals surface area contributed by atoms with E-state index in [9.17, 15) is 5.11 Å². The van der Waals surface area contributed by atoms with Gasteiger partial charge in [0.15, 0.2) is 0 Å². The Morgan fingerprint density at radius 3 is 1.47 bits per heavy atom. The molecule has 0 spiro atoms. The van der Waals surface area contributed by atoms with Crippen molar-refractivity contribution in [3.63, 3.8) is 0 Å². The molecule has 0 amide bonds. The molecular weight excluding hydrogens is 462 g/mol. The number of benzene rings is 3. The zero-order chi connectivity index (χ0) is 25.4. The highest BCUT2D eigenvalue weighted by Gasteiger charge is 2.62. The summed E-state index contributed by atoms with van der Waals surface area (Å²) in [5.74, 6) is 0.0429. The molecule has 36 heavy (non-hydrogen) atoms. The summed E-state index contributed by atoms with van der Waals surface area (Å²) < 4.78 is 49.4. The van der Waals surface area contributed by atoms with Gasteiger partial charge in [-0.05, 0) is 23.6 Å². The third-order valence-corrected chi connectivity index (χ3v) is 6.25. The minimum Gasteiger partial charge on any atom is -0.384 e. The molecule has 0 bridgehead atoms. The summed E-state index contributed by atoms with van der Waals surface area (Å²) in [6.07, 6.45) is -5.58. The maximum atomic E-state index is 15.6. The SMILES string of the molecule is CC#C[C@@H]1[C@@H](OCc2ccccc2)[C@H](OCc2ccccc2)[C@H](OCc2ccccc2)[C@H](O)C1(F)F. The van der Waals surface area contributed by atoms with Gasteiger partial charge in [-0.15, -0.1) is 5.92 Å². The lowest BCUT2D eigenvalue weighted by Crippen LogP contribution is -2.66. The molecule has 0 aliphatic heterocycles. The Labute approximate surface area is 210 Å². The highest BCUT2D eigenvalue weighted by molar-refractivity contribution is 5.20. The van der Waals surface area contributed by atoms with Crippen LogP contribution in [0.4, 0.5) is 8.78 Å². The predicted molar refractivity (Wildman–Crippen MR) is 133 cm³/mol. The van der Waals surface area contributed by atoms with Crippen LogP contribution >= 0.6 is 0 Å². The second-order valence-electron chi connectivity index (χ2n) is 8.78. The number of aliphatic hydroxyl groups excluding tert-OH is 1. The topological polar surface area (TPSA) is 47.9 Å². The second kappa shape index (κ2) is 12.2. The Bertz CT molecular complexity index is 1130. The minimum absolute atomic E-state index is 0.0410. The normalized spacial score (nSPS) is 25.1. The lowest BCUT2D eigenvalue weighted by atomic mass is 9.77. The third kappa shape index (κ3) is 6.18. The molecule has 4 rings (SSSR count). The first-order chi connectivity index (χ1) is 17.5. The van der Waals surface area contributed by atoms with Gasteiger partial charge in [0.05, 0.1) is 19.8 Å². The maximum absolute atomic E-state index is 15.6. The van der Waals surface area contributed by atoms with E-state index < -0.39 is 36.3 Å². The van der Waals surface area contributed by atoms with Crippen LogP contribution in [0.2, 0.25) is 0 Å². The second-order valence-corrected chi connectivity index (χ2v) is 8.78. The van der Waals surface area contributed by atoms with Gasteiger partial charge >= 0.3 is 0 Å². The minimum atomic E-state index is -3.57. The first-order valence-corrected chi connectivity index (χ1v) is 12.0. The van der Waals surface area contributed by atoms with Gasteiger partial charge in [-0.2, -0.15) is 0 Å². The smallest absolute Gasteiger partial charge is 0.292 e. The number of alkyl halides is 2. The van der Waals surface area contributed by atoms with Gasteiger partial charge in [-0.1, -0.05) is 96.9 Å². The quantitative estimate of drug-likeness (QED) is 0.407. The summed E-state index contributed by atoms with van der Waals surface area (Å²) in [5.41, 5.74) is 2.50. The van der Waals surface area contributed by atoms with E-state index in [1.54, 1.807) is 0 Å². The van der Waals surface area contributed by atoms with Gasteiger partial charge in [0, 0.05) is 0 Å². The van der Waals surface area contributed by atoms with Gasteiger partial charge in [-0.3, -0.25) is 0 Å². The van der Waals surface area contributed by atoms with Crippen LogP contribution in [0, 0.1) is 17.8 Å². The molecule has 5 atom stereocenters. The van der Waals surface area contributed by atoms with Crippen molar-refractivity contribution < 1.29 is 28.1 Å². The molecule has 0 heterocycles. The van der Waals surface area contributed by atoms with Crippen molar-refractivity contribution in [3.05, 3.63) is 108 Å². The van der Waals surface area contributed by atoms with E-state index in [4.69, 9.17) is 14.2 Å². The van der Waals surface area contributed by atoms with E-state index >= 15 is 8.78 Å². The highest BCUT2D eigenvalue weighted by Crippen LogP contribution is 2.43. The monoisotopic (exact) mass is 492 g/mol. The van der Waals surface area contributed by atoms with Crippen LogP contribution in [0.1, 0.15) is 23.6 Å². The van der Waals surface area contributed by atoms with Crippen molar-refractivity contribution in [2.45, 2.75) is 57.1 Å². The fourth-order valence-electron chi connectivity index (χ4n) is 4.38. The Morgan fingerprint density at radius 2 is 1.06 bits per heavy atom. The van der Waals surface area contributed by atoms with E-state index in [-0.39, 0.29) is 19.8 Å². The molecule has 1 aliphatic rings. The number of aliphatic hydroxyl groups is 1. The van der Waals surface area contributed by atoms with Crippen LogP contribution in [-0.4, -0.2) is 35.4 Å². The van der Waals surface area contributed by atoms with Crippen LogP contribution < -0.4 is 0 Å². The summed E-state index contributed by atoms with van der Waals surface area (Å²) in [7, 11) is 0. The maximum Gasteiger partial charge on any atom is 0.292 e. The average molecular weight is 493 g/mol. The van der Waals surface area contributed by atoms with Crippen LogP contribution in [0.5, 0.6) is 0 Å². The van der Waals surface area contributed by atoms with Crippen molar-refractivity contribution in [2.75, 3.05) is 0 Å². The molecule has 0 saturated heterocycles. The molecule has 0 unspecified atom stereocenters. The van der Waals surface area contributed by atoms with Gasteiger partial charge in [0.2, 0.25) is 0 Å². The number of halogens is 2. The van der Waals surface area contributed by atoms with Crippen LogP contribution in [0.15, 0.2) is 91.0 Å². The lowest BCUT2D eigenvalue weighted by Gasteiger charge is -2.47. The molecule has 1 saturated carbocycles. The molecule has 1 aliphatic carbocycles. The molecule has 3 aromatic carbocycles. The summed E-state index contributed by atoms with van der Waals surface area (Å²) >= 11 is 0. The summed E-state index contributed by atoms with van der Waals surface area (Å²) in [6.45, 7) is 1.77. The van der Waals surface area contributed by atoms with Crippen LogP contribution in [-0.2, 0) is 34.0 Å². The first-order valence-electron chi connectivity index (χ1n) is 12.0. The molecule has 0 radical (unpaired) electrons. The van der Waals surface area contributed by atoms with E-state index in [2.05, 4.69) is 11.8 Å². The molecule has 4 nitrogen and oxygen atoms in total. The fraction of sp³-hybridized carbons (Fsp3) is 0.333. The third-order valence-electron chi connectivity index (χ3n) is 6.25. The van der Waals surface area contributed by atoms with Gasteiger partial charge in [0.1, 0.15) is 30.3 Å². The van der Waals surface area contributed by atoms with Crippen molar-refractivity contribution >= 4 is 0 Å². The molecule has 188 valence electrons. The Morgan fingerprint density at radius 1 is 0.667 bits per heavy atom. The van der Waals surface area contributed by atoms with Crippen LogP contribution in [0.25, 0.3) is 0 Å². The molecule has 1 fully saturated rings.